The molecule has 6 nitrogen and oxygen atoms in total. The molecule has 0 saturated carbocycles. The summed E-state index contributed by atoms with van der Waals surface area (Å²) in [5.74, 6) is -0.574. The van der Waals surface area contributed by atoms with E-state index < -0.39 is 17.1 Å². The molecule has 2 aromatic heterocycles. The number of amides is 1. The first-order chi connectivity index (χ1) is 8.77. The zero-order chi connectivity index (χ0) is 14.2. The highest BCUT2D eigenvalue weighted by Gasteiger charge is 2.35. The van der Waals surface area contributed by atoms with Crippen LogP contribution in [-0.2, 0) is 13.2 Å². The molecule has 0 aromatic carbocycles. The number of halogens is 3. The van der Waals surface area contributed by atoms with Crippen molar-refractivity contribution in [1.29, 1.82) is 0 Å². The molecule has 10 heteroatoms. The predicted molar refractivity (Wildman–Crippen MR) is 60.8 cm³/mol. The van der Waals surface area contributed by atoms with Crippen molar-refractivity contribution < 1.29 is 18.0 Å². The van der Waals surface area contributed by atoms with Crippen LogP contribution in [0.5, 0.6) is 0 Å². The molecule has 0 bridgehead atoms. The lowest BCUT2D eigenvalue weighted by molar-refractivity contribution is -0.138. The van der Waals surface area contributed by atoms with Crippen molar-refractivity contribution in [2.75, 3.05) is 5.32 Å². The summed E-state index contributed by atoms with van der Waals surface area (Å²) >= 11 is 0.269. The molecule has 19 heavy (non-hydrogen) atoms. The van der Waals surface area contributed by atoms with Gasteiger partial charge in [-0.3, -0.25) is 14.8 Å². The monoisotopic (exact) mass is 291 g/mol. The molecule has 0 aliphatic rings. The highest BCUT2D eigenvalue weighted by Crippen LogP contribution is 2.33. The van der Waals surface area contributed by atoms with Gasteiger partial charge in [0.1, 0.15) is 0 Å². The van der Waals surface area contributed by atoms with Gasteiger partial charge >= 0.3 is 6.18 Å². The molecule has 2 aromatic rings. The van der Waals surface area contributed by atoms with Crippen LogP contribution in [0.25, 0.3) is 0 Å². The second-order valence-electron chi connectivity index (χ2n) is 3.67. The van der Waals surface area contributed by atoms with E-state index in [9.17, 15) is 18.0 Å². The molecule has 2 rings (SSSR count). The number of hydrogen-bond donors (Lipinski definition) is 1. The number of alkyl halides is 3. The van der Waals surface area contributed by atoms with E-state index in [0.29, 0.717) is 5.69 Å². The second kappa shape index (κ2) is 4.61. The van der Waals surface area contributed by atoms with E-state index in [0.717, 1.165) is 0 Å². The van der Waals surface area contributed by atoms with Gasteiger partial charge in [0, 0.05) is 13.2 Å². The van der Waals surface area contributed by atoms with Gasteiger partial charge in [-0.25, -0.2) is 0 Å². The summed E-state index contributed by atoms with van der Waals surface area (Å²) in [6.45, 7) is 1.62. The Morgan fingerprint density at radius 2 is 2.11 bits per heavy atom. The Morgan fingerprint density at radius 3 is 2.58 bits per heavy atom. The first-order valence-electron chi connectivity index (χ1n) is 4.99. The van der Waals surface area contributed by atoms with Gasteiger partial charge in [0.15, 0.2) is 0 Å². The van der Waals surface area contributed by atoms with E-state index >= 15 is 0 Å². The number of rotatable bonds is 2. The largest absolute Gasteiger partial charge is 0.445 e. The van der Waals surface area contributed by atoms with Crippen LogP contribution in [0.2, 0.25) is 0 Å². The average molecular weight is 291 g/mol. The van der Waals surface area contributed by atoms with Crippen LogP contribution in [0.3, 0.4) is 0 Å². The van der Waals surface area contributed by atoms with Crippen LogP contribution in [0, 0.1) is 6.92 Å². The van der Waals surface area contributed by atoms with Crippen molar-refractivity contribution in [2.24, 2.45) is 7.05 Å². The molecule has 0 spiro atoms. The van der Waals surface area contributed by atoms with Gasteiger partial charge in [-0.15, -0.1) is 10.2 Å². The van der Waals surface area contributed by atoms with Crippen molar-refractivity contribution in [3.63, 3.8) is 0 Å². The lowest BCUT2D eigenvalue weighted by atomic mass is 10.2. The average Bonchev–Trinajstić information content (AvgIpc) is 2.84. The van der Waals surface area contributed by atoms with Crippen LogP contribution < -0.4 is 5.32 Å². The van der Waals surface area contributed by atoms with E-state index in [4.69, 9.17) is 0 Å². The van der Waals surface area contributed by atoms with Crippen molar-refractivity contribution in [3.8, 4) is 0 Å². The summed E-state index contributed by atoms with van der Waals surface area (Å²) < 4.78 is 38.4. The fourth-order valence-corrected chi connectivity index (χ4v) is 1.98. The van der Waals surface area contributed by atoms with Gasteiger partial charge in [-0.05, 0) is 6.92 Å². The molecule has 0 aliphatic carbocycles. The zero-order valence-electron chi connectivity index (χ0n) is 9.82. The van der Waals surface area contributed by atoms with Crippen molar-refractivity contribution >= 4 is 22.4 Å². The molecule has 1 N–H and O–H groups in total. The third-order valence-electron chi connectivity index (χ3n) is 2.15. The molecule has 0 aliphatic heterocycles. The third kappa shape index (κ3) is 2.89. The number of aromatic nitrogens is 4. The lowest BCUT2D eigenvalue weighted by Crippen LogP contribution is -2.12. The minimum Gasteiger partial charge on any atom is -0.296 e. The maximum atomic E-state index is 12.3. The molecule has 1 amide bonds. The number of anilines is 1. The number of nitrogens with one attached hydrogen (secondary N) is 1. The highest BCUT2D eigenvalue weighted by molar-refractivity contribution is 7.15. The topological polar surface area (TPSA) is 72.7 Å². The van der Waals surface area contributed by atoms with Gasteiger partial charge in [0.2, 0.25) is 10.1 Å². The fourth-order valence-electron chi connectivity index (χ4n) is 1.38. The Bertz CT molecular complexity index is 618. The van der Waals surface area contributed by atoms with E-state index in [1.165, 1.54) is 10.9 Å². The highest BCUT2D eigenvalue weighted by atomic mass is 32.1. The normalized spacial score (nSPS) is 11.6. The Balaban J connectivity index is 2.16. The Morgan fingerprint density at radius 1 is 1.42 bits per heavy atom. The lowest BCUT2D eigenvalue weighted by Gasteiger charge is -1.99. The van der Waals surface area contributed by atoms with Crippen LogP contribution in [0.1, 0.15) is 21.1 Å². The van der Waals surface area contributed by atoms with E-state index in [-0.39, 0.29) is 22.0 Å². The molecular weight excluding hydrogens is 283 g/mol. The van der Waals surface area contributed by atoms with E-state index in [2.05, 4.69) is 20.6 Å². The summed E-state index contributed by atoms with van der Waals surface area (Å²) in [4.78, 5) is 11.8. The number of hydrogen-bond acceptors (Lipinski definition) is 5. The zero-order valence-corrected chi connectivity index (χ0v) is 10.6. The van der Waals surface area contributed by atoms with E-state index in [1.807, 2.05) is 0 Å². The van der Waals surface area contributed by atoms with Gasteiger partial charge in [0.25, 0.3) is 5.91 Å². The minimum atomic E-state index is -4.56. The van der Waals surface area contributed by atoms with Crippen molar-refractivity contribution in [3.05, 3.63) is 22.5 Å². The van der Waals surface area contributed by atoms with Crippen LogP contribution >= 0.6 is 11.3 Å². The fraction of sp³-hybridized carbons (Fsp3) is 0.333. The standard InChI is InChI=1S/C9H8F3N5OS/c1-4-5(3-17(2)16-4)6(18)13-8-15-14-7(19-8)9(10,11)12/h3H,1-2H3,(H,13,15,18). The van der Waals surface area contributed by atoms with Crippen LogP contribution in [0.4, 0.5) is 18.3 Å². The summed E-state index contributed by atoms with van der Waals surface area (Å²) in [6.07, 6.45) is -3.10. The van der Waals surface area contributed by atoms with Crippen molar-refractivity contribution in [2.45, 2.75) is 13.1 Å². The van der Waals surface area contributed by atoms with Gasteiger partial charge in [0.05, 0.1) is 11.3 Å². The first-order valence-corrected chi connectivity index (χ1v) is 5.81. The Hall–Kier alpha value is -1.97. The minimum absolute atomic E-state index is 0.208. The molecule has 0 saturated heterocycles. The number of nitrogens with zero attached hydrogens (tertiary/aromatic N) is 4. The molecular formula is C9H8F3N5OS. The van der Waals surface area contributed by atoms with Crippen LogP contribution in [-0.4, -0.2) is 25.9 Å². The van der Waals surface area contributed by atoms with Gasteiger partial charge < -0.3 is 0 Å². The maximum absolute atomic E-state index is 12.3. The molecule has 2 heterocycles. The Kier molecular flexibility index (Phi) is 3.27. The second-order valence-corrected chi connectivity index (χ2v) is 4.64. The smallest absolute Gasteiger partial charge is 0.296 e. The Labute approximate surface area is 109 Å². The molecule has 0 unspecified atom stereocenters. The predicted octanol–water partition coefficient (Wildman–Crippen LogP) is 1.85. The molecule has 0 fully saturated rings. The maximum Gasteiger partial charge on any atom is 0.445 e. The molecule has 0 radical (unpaired) electrons. The SMILES string of the molecule is Cc1nn(C)cc1C(=O)Nc1nnc(C(F)(F)F)s1. The van der Waals surface area contributed by atoms with Crippen LogP contribution in [0.15, 0.2) is 6.20 Å². The van der Waals surface area contributed by atoms with E-state index in [1.54, 1.807) is 14.0 Å². The third-order valence-corrected chi connectivity index (χ3v) is 3.03. The van der Waals surface area contributed by atoms with Gasteiger partial charge in [-0.1, -0.05) is 11.3 Å². The summed E-state index contributed by atoms with van der Waals surface area (Å²) in [5.41, 5.74) is 0.742. The first kappa shape index (κ1) is 13.5. The summed E-state index contributed by atoms with van der Waals surface area (Å²) in [6, 6.07) is 0. The molecule has 0 atom stereocenters. The summed E-state index contributed by atoms with van der Waals surface area (Å²) in [5, 5.41) is 11.1. The quantitative estimate of drug-likeness (QED) is 0.916. The van der Waals surface area contributed by atoms with Gasteiger partial charge in [-0.2, -0.15) is 18.3 Å². The van der Waals surface area contributed by atoms with Crippen molar-refractivity contribution in [1.82, 2.24) is 20.0 Å². The summed E-state index contributed by atoms with van der Waals surface area (Å²) in [7, 11) is 1.64. The number of aryl methyl sites for hydroxylation is 2. The number of carbonyl (C=O) groups is 1. The molecule has 102 valence electrons. The number of carbonyl (C=O) groups excluding carboxylic acids is 1.